The number of halogens is 2. The molecule has 1 aromatic heterocycles. The summed E-state index contributed by atoms with van der Waals surface area (Å²) in [6, 6.07) is 15.0. The van der Waals surface area contributed by atoms with Gasteiger partial charge in [-0.3, -0.25) is 9.59 Å². The van der Waals surface area contributed by atoms with Gasteiger partial charge in [0.25, 0.3) is 5.91 Å². The second-order valence-electron chi connectivity index (χ2n) is 8.22. The van der Waals surface area contributed by atoms with E-state index in [9.17, 15) is 14.0 Å². The molecule has 3 aromatic rings. The van der Waals surface area contributed by atoms with Gasteiger partial charge in [0.15, 0.2) is 6.61 Å². The maximum Gasteiger partial charge on any atom is 0.258 e. The Bertz CT molecular complexity index is 1130. The fourth-order valence-electron chi connectivity index (χ4n) is 3.90. The summed E-state index contributed by atoms with van der Waals surface area (Å²) in [5.74, 6) is -0.756. The van der Waals surface area contributed by atoms with Crippen molar-refractivity contribution >= 4 is 29.1 Å². The van der Waals surface area contributed by atoms with Crippen LogP contribution >= 0.6 is 11.6 Å². The van der Waals surface area contributed by atoms with Crippen LogP contribution in [0.4, 0.5) is 10.1 Å². The minimum atomic E-state index is -0.597. The Morgan fingerprint density at radius 2 is 1.85 bits per heavy atom. The van der Waals surface area contributed by atoms with Gasteiger partial charge in [-0.05, 0) is 68.1 Å². The first kappa shape index (κ1) is 22.9. The van der Waals surface area contributed by atoms with Crippen LogP contribution in [0, 0.1) is 5.82 Å². The molecule has 1 saturated carbocycles. The molecule has 0 bridgehead atoms. The molecule has 0 radical (unpaired) electrons. The molecule has 1 aliphatic rings. The number of aromatic nitrogens is 1. The molecule has 1 atom stereocenters. The zero-order valence-electron chi connectivity index (χ0n) is 18.2. The van der Waals surface area contributed by atoms with E-state index >= 15 is 0 Å². The second kappa shape index (κ2) is 9.67. The van der Waals surface area contributed by atoms with Crippen molar-refractivity contribution in [1.29, 1.82) is 0 Å². The normalized spacial score (nSPS) is 15.2. The predicted octanol–water partition coefficient (Wildman–Crippen LogP) is 5.05. The number of carbonyl (C=O) groups excluding carboxylic acids is 2. The van der Waals surface area contributed by atoms with E-state index in [1.54, 1.807) is 0 Å². The van der Waals surface area contributed by atoms with Crippen molar-refractivity contribution < 1.29 is 18.7 Å². The summed E-state index contributed by atoms with van der Waals surface area (Å²) in [5.41, 5.74) is 1.19. The zero-order valence-corrected chi connectivity index (χ0v) is 18.9. The molecule has 1 aliphatic carbocycles. The lowest BCUT2D eigenvalue weighted by molar-refractivity contribution is -0.126. The molecule has 4 rings (SSSR count). The van der Waals surface area contributed by atoms with Crippen molar-refractivity contribution in [2.75, 3.05) is 11.9 Å². The highest BCUT2D eigenvalue weighted by Crippen LogP contribution is 2.41. The Kier molecular flexibility index (Phi) is 6.70. The monoisotopic (exact) mass is 469 g/mol. The Balaban J connectivity index is 1.36. The van der Waals surface area contributed by atoms with Gasteiger partial charge in [0.1, 0.15) is 17.6 Å². The van der Waals surface area contributed by atoms with Gasteiger partial charge in [-0.1, -0.05) is 23.7 Å². The van der Waals surface area contributed by atoms with E-state index in [2.05, 4.69) is 10.6 Å². The van der Waals surface area contributed by atoms with Crippen LogP contribution in [0.5, 0.6) is 5.75 Å². The first-order valence-corrected chi connectivity index (χ1v) is 11.2. The van der Waals surface area contributed by atoms with Gasteiger partial charge in [0.05, 0.1) is 10.6 Å². The van der Waals surface area contributed by atoms with E-state index in [0.29, 0.717) is 5.69 Å². The molecule has 0 spiro atoms. The third-order valence-corrected chi connectivity index (χ3v) is 6.31. The highest BCUT2D eigenvalue weighted by atomic mass is 35.5. The second-order valence-corrected chi connectivity index (χ2v) is 8.63. The third kappa shape index (κ3) is 5.20. The van der Waals surface area contributed by atoms with Gasteiger partial charge in [-0.2, -0.15) is 0 Å². The Labute approximate surface area is 196 Å². The van der Waals surface area contributed by atoms with Crippen molar-refractivity contribution in [3.05, 3.63) is 83.4 Å². The fraction of sp³-hybridized carbons (Fsp3) is 0.280. The molecule has 1 unspecified atom stereocenters. The van der Waals surface area contributed by atoms with E-state index in [-0.39, 0.29) is 35.2 Å². The summed E-state index contributed by atoms with van der Waals surface area (Å²) in [5, 5.41) is 5.99. The Morgan fingerprint density at radius 3 is 2.45 bits per heavy atom. The predicted molar refractivity (Wildman–Crippen MR) is 125 cm³/mol. The number of ether oxygens (including phenoxy) is 1. The summed E-state index contributed by atoms with van der Waals surface area (Å²) < 4.78 is 20.8. The van der Waals surface area contributed by atoms with Gasteiger partial charge in [-0.15, -0.1) is 0 Å². The van der Waals surface area contributed by atoms with E-state index in [1.807, 2.05) is 60.3 Å². The van der Waals surface area contributed by atoms with Crippen LogP contribution in [0.25, 0.3) is 0 Å². The van der Waals surface area contributed by atoms with Crippen molar-refractivity contribution in [3.63, 3.8) is 0 Å². The van der Waals surface area contributed by atoms with Crippen molar-refractivity contribution in [1.82, 2.24) is 9.88 Å². The smallest absolute Gasteiger partial charge is 0.258 e. The maximum atomic E-state index is 13.5. The molecule has 2 N–H and O–H groups in total. The lowest BCUT2D eigenvalue weighted by Gasteiger charge is -2.43. The topological polar surface area (TPSA) is 72.4 Å². The van der Waals surface area contributed by atoms with Gasteiger partial charge >= 0.3 is 0 Å². The lowest BCUT2D eigenvalue weighted by atomic mass is 9.71. The first-order chi connectivity index (χ1) is 15.9. The zero-order chi connectivity index (χ0) is 23.4. The SMILES string of the molecule is CC(C(=O)Nc1ccc(C2(NC(=O)COc3ccc(Cl)c(F)c3)CCC2)cc1)n1cccc1. The molecule has 0 aliphatic heterocycles. The third-order valence-electron chi connectivity index (χ3n) is 6.01. The van der Waals surface area contributed by atoms with Gasteiger partial charge in [0.2, 0.25) is 5.91 Å². The van der Waals surface area contributed by atoms with Crippen LogP contribution < -0.4 is 15.4 Å². The molecular formula is C25H25ClFN3O3. The number of carbonyl (C=O) groups is 2. The molecule has 172 valence electrons. The minimum absolute atomic E-state index is 0.000892. The Hall–Kier alpha value is -3.32. The molecule has 33 heavy (non-hydrogen) atoms. The van der Waals surface area contributed by atoms with Gasteiger partial charge in [0, 0.05) is 24.1 Å². The van der Waals surface area contributed by atoms with E-state index in [0.717, 1.165) is 30.9 Å². The number of amides is 2. The highest BCUT2D eigenvalue weighted by Gasteiger charge is 2.40. The molecule has 2 aromatic carbocycles. The molecule has 6 nitrogen and oxygen atoms in total. The quantitative estimate of drug-likeness (QED) is 0.484. The standard InChI is InChI=1S/C25H25ClFN3O3/c1-17(30-13-2-3-14-30)24(32)28-19-7-5-18(6-8-19)25(11-4-12-25)29-23(31)16-33-20-9-10-21(26)22(27)15-20/h2-3,5-10,13-15,17H,4,11-12,16H2,1H3,(H,28,32)(H,29,31). The van der Waals surface area contributed by atoms with Gasteiger partial charge < -0.3 is 19.9 Å². The van der Waals surface area contributed by atoms with Crippen LogP contribution in [0.1, 0.15) is 37.8 Å². The molecular weight excluding hydrogens is 445 g/mol. The van der Waals surface area contributed by atoms with E-state index in [1.165, 1.54) is 12.1 Å². The minimum Gasteiger partial charge on any atom is -0.484 e. The average Bonchev–Trinajstić information content (AvgIpc) is 3.32. The number of nitrogens with zero attached hydrogens (tertiary/aromatic N) is 1. The number of hydrogen-bond donors (Lipinski definition) is 2. The van der Waals surface area contributed by atoms with Crippen LogP contribution in [0.3, 0.4) is 0 Å². The maximum absolute atomic E-state index is 13.5. The fourth-order valence-corrected chi connectivity index (χ4v) is 4.01. The van der Waals surface area contributed by atoms with Gasteiger partial charge in [-0.25, -0.2) is 4.39 Å². The number of anilines is 1. The van der Waals surface area contributed by atoms with E-state index < -0.39 is 11.4 Å². The Morgan fingerprint density at radius 1 is 1.15 bits per heavy atom. The van der Waals surface area contributed by atoms with Crippen LogP contribution in [0.2, 0.25) is 5.02 Å². The number of benzene rings is 2. The van der Waals surface area contributed by atoms with Crippen LogP contribution in [0.15, 0.2) is 67.0 Å². The first-order valence-electron chi connectivity index (χ1n) is 10.8. The van der Waals surface area contributed by atoms with Crippen molar-refractivity contribution in [2.24, 2.45) is 0 Å². The molecule has 2 amide bonds. The van der Waals surface area contributed by atoms with Crippen molar-refractivity contribution in [3.8, 4) is 5.75 Å². The summed E-state index contributed by atoms with van der Waals surface area (Å²) in [7, 11) is 0. The average molecular weight is 470 g/mol. The summed E-state index contributed by atoms with van der Waals surface area (Å²) >= 11 is 5.67. The van der Waals surface area contributed by atoms with Crippen LogP contribution in [-0.4, -0.2) is 23.0 Å². The number of rotatable bonds is 8. The summed E-state index contributed by atoms with van der Waals surface area (Å²) in [4.78, 5) is 25.0. The molecule has 8 heteroatoms. The van der Waals surface area contributed by atoms with E-state index in [4.69, 9.17) is 16.3 Å². The number of hydrogen-bond acceptors (Lipinski definition) is 3. The molecule has 1 fully saturated rings. The van der Waals surface area contributed by atoms with Crippen LogP contribution in [-0.2, 0) is 15.1 Å². The lowest BCUT2D eigenvalue weighted by Crippen LogP contribution is -2.52. The molecule has 1 heterocycles. The van der Waals surface area contributed by atoms with Crippen molar-refractivity contribution in [2.45, 2.75) is 37.8 Å². The molecule has 0 saturated heterocycles. The summed E-state index contributed by atoms with van der Waals surface area (Å²) in [6.45, 7) is 1.61. The number of nitrogens with one attached hydrogen (secondary N) is 2. The highest BCUT2D eigenvalue weighted by molar-refractivity contribution is 6.30. The summed E-state index contributed by atoms with van der Waals surface area (Å²) in [6.07, 6.45) is 6.32. The largest absolute Gasteiger partial charge is 0.484 e.